The Balaban J connectivity index is 1.40. The second kappa shape index (κ2) is 7.99. The van der Waals surface area contributed by atoms with Crippen molar-refractivity contribution in [2.24, 2.45) is 0 Å². The van der Waals surface area contributed by atoms with E-state index in [-0.39, 0.29) is 5.91 Å². The van der Waals surface area contributed by atoms with E-state index in [9.17, 15) is 4.79 Å². The van der Waals surface area contributed by atoms with Crippen molar-refractivity contribution >= 4 is 29.0 Å². The van der Waals surface area contributed by atoms with E-state index in [4.69, 9.17) is 4.42 Å². The first-order valence-corrected chi connectivity index (χ1v) is 9.21. The number of hydrogen-bond donors (Lipinski definition) is 1. The average molecular weight is 344 g/mol. The van der Waals surface area contributed by atoms with Crippen molar-refractivity contribution < 1.29 is 9.21 Å². The summed E-state index contributed by atoms with van der Waals surface area (Å²) in [6.45, 7) is 0.569. The fourth-order valence-electron chi connectivity index (χ4n) is 1.98. The number of rotatable bonds is 7. The van der Waals surface area contributed by atoms with Gasteiger partial charge >= 0.3 is 0 Å². The molecule has 118 valence electrons. The molecule has 0 radical (unpaired) electrons. The van der Waals surface area contributed by atoms with Crippen LogP contribution in [-0.2, 0) is 17.1 Å². The van der Waals surface area contributed by atoms with Crippen molar-refractivity contribution in [1.29, 1.82) is 0 Å². The van der Waals surface area contributed by atoms with Crippen LogP contribution in [0.4, 0.5) is 0 Å². The van der Waals surface area contributed by atoms with Crippen molar-refractivity contribution in [1.82, 2.24) is 10.3 Å². The molecule has 1 amide bonds. The first kappa shape index (κ1) is 15.8. The number of hydrogen-bond acceptors (Lipinski definition) is 5. The molecule has 0 aliphatic heterocycles. The van der Waals surface area contributed by atoms with Gasteiger partial charge in [0.25, 0.3) is 0 Å². The highest BCUT2D eigenvalue weighted by Gasteiger charge is 2.08. The fourth-order valence-corrected chi connectivity index (χ4v) is 3.62. The number of carbonyl (C=O) groups is 1. The standard InChI is InChI=1S/C17H16N2O2S2/c20-16(18-9-13-5-2-1-3-6-13)12-22-10-14-11-23-17(19-14)15-7-4-8-21-15/h1-8,11H,9-10,12H2,(H,18,20). The van der Waals surface area contributed by atoms with E-state index in [0.29, 0.717) is 12.3 Å². The Kier molecular flexibility index (Phi) is 5.50. The van der Waals surface area contributed by atoms with Crippen LogP contribution in [0.1, 0.15) is 11.3 Å². The van der Waals surface area contributed by atoms with Crippen LogP contribution in [-0.4, -0.2) is 16.6 Å². The largest absolute Gasteiger partial charge is 0.462 e. The van der Waals surface area contributed by atoms with Crippen molar-refractivity contribution in [2.75, 3.05) is 5.75 Å². The summed E-state index contributed by atoms with van der Waals surface area (Å²) in [4.78, 5) is 16.3. The molecule has 2 aromatic heterocycles. The van der Waals surface area contributed by atoms with Crippen molar-refractivity contribution in [3.8, 4) is 10.8 Å². The van der Waals surface area contributed by atoms with Crippen molar-refractivity contribution in [2.45, 2.75) is 12.3 Å². The topological polar surface area (TPSA) is 55.1 Å². The summed E-state index contributed by atoms with van der Waals surface area (Å²) in [5, 5.41) is 5.80. The molecule has 0 unspecified atom stereocenters. The van der Waals surface area contributed by atoms with Crippen LogP contribution in [0, 0.1) is 0 Å². The fraction of sp³-hybridized carbons (Fsp3) is 0.176. The van der Waals surface area contributed by atoms with Gasteiger partial charge in [-0.15, -0.1) is 23.1 Å². The highest BCUT2D eigenvalue weighted by Crippen LogP contribution is 2.25. The molecule has 6 heteroatoms. The molecule has 0 saturated heterocycles. The number of aromatic nitrogens is 1. The Bertz CT molecular complexity index is 739. The zero-order chi connectivity index (χ0) is 15.9. The van der Waals surface area contributed by atoms with Crippen LogP contribution in [0.2, 0.25) is 0 Å². The van der Waals surface area contributed by atoms with Crippen LogP contribution in [0.3, 0.4) is 0 Å². The van der Waals surface area contributed by atoms with Crippen LogP contribution < -0.4 is 5.32 Å². The molecule has 0 fully saturated rings. The molecule has 0 saturated carbocycles. The molecule has 0 spiro atoms. The van der Waals surface area contributed by atoms with Gasteiger partial charge in [-0.3, -0.25) is 4.79 Å². The molecule has 2 heterocycles. The molecule has 1 aromatic carbocycles. The first-order valence-electron chi connectivity index (χ1n) is 7.18. The minimum Gasteiger partial charge on any atom is -0.462 e. The van der Waals surface area contributed by atoms with Gasteiger partial charge in [-0.25, -0.2) is 4.98 Å². The molecule has 1 N–H and O–H groups in total. The lowest BCUT2D eigenvalue weighted by Crippen LogP contribution is -2.24. The summed E-state index contributed by atoms with van der Waals surface area (Å²) in [5.74, 6) is 1.98. The lowest BCUT2D eigenvalue weighted by atomic mass is 10.2. The molecule has 3 rings (SSSR count). The maximum atomic E-state index is 11.8. The highest BCUT2D eigenvalue weighted by molar-refractivity contribution is 7.99. The number of furan rings is 1. The van der Waals surface area contributed by atoms with Gasteiger partial charge in [-0.2, -0.15) is 0 Å². The number of amides is 1. The van der Waals surface area contributed by atoms with E-state index in [1.807, 2.05) is 47.8 Å². The zero-order valence-corrected chi connectivity index (χ0v) is 14.0. The number of nitrogens with zero attached hydrogens (tertiary/aromatic N) is 1. The minimum absolute atomic E-state index is 0.0420. The smallest absolute Gasteiger partial charge is 0.230 e. The third-order valence-electron chi connectivity index (χ3n) is 3.10. The molecule has 0 aliphatic carbocycles. The third kappa shape index (κ3) is 4.71. The molecular weight excluding hydrogens is 328 g/mol. The van der Waals surface area contributed by atoms with Gasteiger partial charge in [0.2, 0.25) is 5.91 Å². The monoisotopic (exact) mass is 344 g/mol. The highest BCUT2D eigenvalue weighted by atomic mass is 32.2. The van der Waals surface area contributed by atoms with Gasteiger partial charge in [0.15, 0.2) is 10.8 Å². The number of benzene rings is 1. The summed E-state index contributed by atoms with van der Waals surface area (Å²) >= 11 is 3.12. The normalized spacial score (nSPS) is 10.6. The Hall–Kier alpha value is -2.05. The number of carbonyl (C=O) groups excluding carboxylic acids is 1. The van der Waals surface area contributed by atoms with Crippen molar-refractivity contribution in [3.63, 3.8) is 0 Å². The van der Waals surface area contributed by atoms with Crippen LogP contribution in [0.25, 0.3) is 10.8 Å². The number of thiazole rings is 1. The predicted molar refractivity (Wildman–Crippen MR) is 94.3 cm³/mol. The summed E-state index contributed by atoms with van der Waals surface area (Å²) < 4.78 is 5.33. The maximum absolute atomic E-state index is 11.8. The minimum atomic E-state index is 0.0420. The van der Waals surface area contributed by atoms with Crippen LogP contribution in [0.5, 0.6) is 0 Å². The first-order chi connectivity index (χ1) is 11.3. The summed E-state index contributed by atoms with van der Waals surface area (Å²) in [6.07, 6.45) is 1.64. The quantitative estimate of drug-likeness (QED) is 0.705. The second-order valence-corrected chi connectivity index (χ2v) is 6.72. The third-order valence-corrected chi connectivity index (χ3v) is 4.97. The van der Waals surface area contributed by atoms with Gasteiger partial charge < -0.3 is 9.73 Å². The number of nitrogens with one attached hydrogen (secondary N) is 1. The predicted octanol–water partition coefficient (Wildman–Crippen LogP) is 3.95. The van der Waals surface area contributed by atoms with Gasteiger partial charge in [0, 0.05) is 17.7 Å². The molecule has 0 atom stereocenters. The molecule has 0 bridgehead atoms. The van der Waals surface area contributed by atoms with E-state index in [1.165, 1.54) is 0 Å². The second-order valence-electron chi connectivity index (χ2n) is 4.88. The van der Waals surface area contributed by atoms with Crippen LogP contribution in [0.15, 0.2) is 58.5 Å². The summed E-state index contributed by atoms with van der Waals surface area (Å²) in [5.41, 5.74) is 2.08. The number of thioether (sulfide) groups is 1. The lowest BCUT2D eigenvalue weighted by Gasteiger charge is -2.04. The SMILES string of the molecule is O=C(CSCc1csc(-c2ccco2)n1)NCc1ccccc1. The van der Waals surface area contributed by atoms with E-state index in [1.54, 1.807) is 29.4 Å². The molecule has 23 heavy (non-hydrogen) atoms. The van der Waals surface area contributed by atoms with E-state index in [2.05, 4.69) is 10.3 Å². The average Bonchev–Trinajstić information content (AvgIpc) is 3.25. The van der Waals surface area contributed by atoms with Gasteiger partial charge in [-0.05, 0) is 17.7 Å². The van der Waals surface area contributed by atoms with Crippen molar-refractivity contribution in [3.05, 3.63) is 65.4 Å². The summed E-state index contributed by atoms with van der Waals surface area (Å²) in [7, 11) is 0. The molecule has 4 nitrogen and oxygen atoms in total. The Morgan fingerprint density at radius 3 is 2.87 bits per heavy atom. The van der Waals surface area contributed by atoms with E-state index >= 15 is 0 Å². The van der Waals surface area contributed by atoms with Gasteiger partial charge in [0.05, 0.1) is 17.7 Å². The van der Waals surface area contributed by atoms with Crippen LogP contribution >= 0.6 is 23.1 Å². The Morgan fingerprint density at radius 1 is 1.22 bits per heavy atom. The Labute approximate surface area is 142 Å². The zero-order valence-electron chi connectivity index (χ0n) is 12.4. The molecule has 0 aliphatic rings. The lowest BCUT2D eigenvalue weighted by molar-refractivity contribution is -0.118. The van der Waals surface area contributed by atoms with Gasteiger partial charge in [-0.1, -0.05) is 30.3 Å². The van der Waals surface area contributed by atoms with E-state index in [0.717, 1.165) is 27.8 Å². The summed E-state index contributed by atoms with van der Waals surface area (Å²) in [6, 6.07) is 13.6. The molecular formula is C17H16N2O2S2. The van der Waals surface area contributed by atoms with E-state index < -0.39 is 0 Å². The Morgan fingerprint density at radius 2 is 2.09 bits per heavy atom. The maximum Gasteiger partial charge on any atom is 0.230 e. The molecule has 3 aromatic rings. The van der Waals surface area contributed by atoms with Gasteiger partial charge in [0.1, 0.15) is 0 Å².